The van der Waals surface area contributed by atoms with Crippen LogP contribution in [0.2, 0.25) is 0 Å². The van der Waals surface area contributed by atoms with E-state index in [2.05, 4.69) is 15.8 Å². The SMILES string of the molecule is O=C(O)c1ccc(C2CCCN(CC3CNNC3c3cccc(F)c3)C2)cc1. The van der Waals surface area contributed by atoms with Crippen molar-refractivity contribution in [2.24, 2.45) is 5.92 Å². The van der Waals surface area contributed by atoms with Gasteiger partial charge in [-0.15, -0.1) is 0 Å². The van der Waals surface area contributed by atoms with Crippen molar-refractivity contribution in [1.82, 2.24) is 15.8 Å². The number of hydrogen-bond donors (Lipinski definition) is 3. The molecular weight excluding hydrogens is 357 g/mol. The average Bonchev–Trinajstić information content (AvgIpc) is 3.16. The summed E-state index contributed by atoms with van der Waals surface area (Å²) >= 11 is 0. The zero-order chi connectivity index (χ0) is 19.5. The van der Waals surface area contributed by atoms with Gasteiger partial charge < -0.3 is 10.0 Å². The molecule has 0 aromatic heterocycles. The summed E-state index contributed by atoms with van der Waals surface area (Å²) in [5.41, 5.74) is 9.05. The van der Waals surface area contributed by atoms with Crippen molar-refractivity contribution in [2.75, 3.05) is 26.2 Å². The molecule has 2 saturated heterocycles. The van der Waals surface area contributed by atoms with Crippen LogP contribution in [-0.4, -0.2) is 42.2 Å². The second kappa shape index (κ2) is 8.39. The van der Waals surface area contributed by atoms with Crippen molar-refractivity contribution >= 4 is 5.97 Å². The number of carboxylic acids is 1. The first-order chi connectivity index (χ1) is 13.6. The van der Waals surface area contributed by atoms with E-state index in [4.69, 9.17) is 5.11 Å². The Bertz CT molecular complexity index is 827. The van der Waals surface area contributed by atoms with Gasteiger partial charge in [-0.1, -0.05) is 24.3 Å². The third-order valence-electron chi connectivity index (χ3n) is 5.93. The van der Waals surface area contributed by atoms with Crippen LogP contribution in [0.5, 0.6) is 0 Å². The monoisotopic (exact) mass is 383 g/mol. The van der Waals surface area contributed by atoms with Crippen LogP contribution in [-0.2, 0) is 0 Å². The van der Waals surface area contributed by atoms with Gasteiger partial charge in [0.25, 0.3) is 0 Å². The van der Waals surface area contributed by atoms with Gasteiger partial charge in [0.05, 0.1) is 11.6 Å². The highest BCUT2D eigenvalue weighted by Gasteiger charge is 2.31. The molecule has 2 heterocycles. The Morgan fingerprint density at radius 1 is 1.18 bits per heavy atom. The van der Waals surface area contributed by atoms with E-state index < -0.39 is 5.97 Å². The fourth-order valence-corrected chi connectivity index (χ4v) is 4.48. The molecule has 4 rings (SSSR count). The largest absolute Gasteiger partial charge is 0.478 e. The summed E-state index contributed by atoms with van der Waals surface area (Å²) in [6.45, 7) is 3.84. The fraction of sp³-hybridized carbons (Fsp3) is 0.409. The summed E-state index contributed by atoms with van der Waals surface area (Å²) in [4.78, 5) is 13.6. The van der Waals surface area contributed by atoms with Crippen LogP contribution >= 0.6 is 0 Å². The Labute approximate surface area is 164 Å². The number of aromatic carboxylic acids is 1. The Morgan fingerprint density at radius 2 is 2.00 bits per heavy atom. The van der Waals surface area contributed by atoms with E-state index in [9.17, 15) is 9.18 Å². The van der Waals surface area contributed by atoms with Crippen LogP contribution in [0, 0.1) is 11.7 Å². The van der Waals surface area contributed by atoms with E-state index in [0.29, 0.717) is 17.4 Å². The molecule has 2 fully saturated rings. The number of rotatable bonds is 5. The lowest BCUT2D eigenvalue weighted by molar-refractivity contribution is 0.0697. The third-order valence-corrected chi connectivity index (χ3v) is 5.93. The minimum atomic E-state index is -0.888. The maximum atomic E-state index is 13.6. The molecule has 0 spiro atoms. The van der Waals surface area contributed by atoms with Gasteiger partial charge in [-0.05, 0) is 60.7 Å². The Hall–Kier alpha value is -2.28. The molecule has 3 N–H and O–H groups in total. The number of nitrogens with one attached hydrogen (secondary N) is 2. The normalized spacial score (nSPS) is 25.7. The van der Waals surface area contributed by atoms with E-state index >= 15 is 0 Å². The molecule has 2 aromatic rings. The van der Waals surface area contributed by atoms with Crippen LogP contribution in [0.1, 0.15) is 46.3 Å². The van der Waals surface area contributed by atoms with Gasteiger partial charge in [0.1, 0.15) is 5.82 Å². The van der Waals surface area contributed by atoms with Gasteiger partial charge >= 0.3 is 5.97 Å². The lowest BCUT2D eigenvalue weighted by Crippen LogP contribution is -2.39. The standard InChI is InChI=1S/C22H26FN3O2/c23-20-5-1-3-17(11-20)21-19(12-24-25-21)14-26-10-2-4-18(13-26)15-6-8-16(9-7-15)22(27)28/h1,3,5-9,11,18-19,21,24-25H,2,4,10,12-14H2,(H,27,28). The number of piperidine rings is 1. The molecule has 0 saturated carbocycles. The molecule has 0 radical (unpaired) electrons. The summed E-state index contributed by atoms with van der Waals surface area (Å²) in [5.74, 6) is -0.296. The number of nitrogens with zero attached hydrogens (tertiary/aromatic N) is 1. The van der Waals surface area contributed by atoms with Crippen LogP contribution in [0.3, 0.4) is 0 Å². The first kappa shape index (κ1) is 19.1. The van der Waals surface area contributed by atoms with Crippen LogP contribution < -0.4 is 10.9 Å². The second-order valence-corrected chi connectivity index (χ2v) is 7.84. The predicted molar refractivity (Wildman–Crippen MR) is 106 cm³/mol. The number of hydrogen-bond acceptors (Lipinski definition) is 4. The number of carboxylic acid groups (broad SMARTS) is 1. The molecule has 6 heteroatoms. The minimum absolute atomic E-state index is 0.103. The molecular formula is C22H26FN3O2. The molecule has 5 nitrogen and oxygen atoms in total. The van der Waals surface area contributed by atoms with E-state index in [0.717, 1.165) is 44.6 Å². The zero-order valence-electron chi connectivity index (χ0n) is 15.8. The number of benzene rings is 2. The Kier molecular flexibility index (Phi) is 5.71. The lowest BCUT2D eigenvalue weighted by Gasteiger charge is -2.35. The number of likely N-dealkylation sites (tertiary alicyclic amines) is 1. The maximum absolute atomic E-state index is 13.6. The molecule has 2 aromatic carbocycles. The van der Waals surface area contributed by atoms with Gasteiger partial charge in [-0.25, -0.2) is 14.6 Å². The van der Waals surface area contributed by atoms with Crippen molar-refractivity contribution in [3.63, 3.8) is 0 Å². The maximum Gasteiger partial charge on any atom is 0.335 e. The first-order valence-corrected chi connectivity index (χ1v) is 9.89. The van der Waals surface area contributed by atoms with E-state index in [-0.39, 0.29) is 11.9 Å². The Morgan fingerprint density at radius 3 is 2.75 bits per heavy atom. The van der Waals surface area contributed by atoms with Crippen LogP contribution in [0.15, 0.2) is 48.5 Å². The molecule has 0 amide bonds. The van der Waals surface area contributed by atoms with Gasteiger partial charge in [-0.2, -0.15) is 0 Å². The molecule has 2 aliphatic heterocycles. The molecule has 2 aliphatic rings. The van der Waals surface area contributed by atoms with E-state index in [1.54, 1.807) is 24.3 Å². The fourth-order valence-electron chi connectivity index (χ4n) is 4.48. The molecule has 28 heavy (non-hydrogen) atoms. The lowest BCUT2D eigenvalue weighted by atomic mass is 9.88. The average molecular weight is 383 g/mol. The summed E-state index contributed by atoms with van der Waals surface area (Å²) in [6.07, 6.45) is 2.25. The van der Waals surface area contributed by atoms with E-state index in [1.165, 1.54) is 11.6 Å². The quantitative estimate of drug-likeness (QED) is 0.740. The summed E-state index contributed by atoms with van der Waals surface area (Å²) in [6, 6.07) is 14.2. The second-order valence-electron chi connectivity index (χ2n) is 7.84. The highest BCUT2D eigenvalue weighted by Crippen LogP contribution is 2.31. The van der Waals surface area contributed by atoms with Gasteiger partial charge in [0.15, 0.2) is 0 Å². The highest BCUT2D eigenvalue weighted by atomic mass is 19.1. The number of hydrazine groups is 1. The van der Waals surface area contributed by atoms with Crippen molar-refractivity contribution < 1.29 is 14.3 Å². The predicted octanol–water partition coefficient (Wildman–Crippen LogP) is 3.17. The van der Waals surface area contributed by atoms with Crippen molar-refractivity contribution in [3.8, 4) is 0 Å². The molecule has 0 bridgehead atoms. The zero-order valence-corrected chi connectivity index (χ0v) is 15.8. The minimum Gasteiger partial charge on any atom is -0.478 e. The van der Waals surface area contributed by atoms with Crippen molar-refractivity contribution in [2.45, 2.75) is 24.8 Å². The molecule has 3 unspecified atom stereocenters. The summed E-state index contributed by atoms with van der Waals surface area (Å²) in [7, 11) is 0. The molecule has 3 atom stereocenters. The third kappa shape index (κ3) is 4.24. The highest BCUT2D eigenvalue weighted by molar-refractivity contribution is 5.87. The van der Waals surface area contributed by atoms with Crippen LogP contribution in [0.4, 0.5) is 4.39 Å². The van der Waals surface area contributed by atoms with E-state index in [1.807, 2.05) is 18.2 Å². The van der Waals surface area contributed by atoms with Gasteiger partial charge in [-0.3, -0.25) is 5.43 Å². The van der Waals surface area contributed by atoms with Gasteiger partial charge in [0.2, 0.25) is 0 Å². The van der Waals surface area contributed by atoms with Crippen molar-refractivity contribution in [3.05, 3.63) is 71.0 Å². The number of halogens is 1. The van der Waals surface area contributed by atoms with Crippen molar-refractivity contribution in [1.29, 1.82) is 0 Å². The smallest absolute Gasteiger partial charge is 0.335 e. The number of carbonyl (C=O) groups is 1. The summed E-state index contributed by atoms with van der Waals surface area (Å²) < 4.78 is 13.6. The van der Waals surface area contributed by atoms with Gasteiger partial charge in [0, 0.05) is 25.6 Å². The molecule has 148 valence electrons. The topological polar surface area (TPSA) is 64.6 Å². The first-order valence-electron chi connectivity index (χ1n) is 9.89. The molecule has 0 aliphatic carbocycles. The van der Waals surface area contributed by atoms with Crippen LogP contribution in [0.25, 0.3) is 0 Å². The Balaban J connectivity index is 1.41. The summed E-state index contributed by atoms with van der Waals surface area (Å²) in [5, 5.41) is 9.08.